The number of carbonyl (C=O) groups excluding carboxylic acids is 2. The zero-order valence-corrected chi connectivity index (χ0v) is 14.6. The number of amides is 2. The first-order valence-corrected chi connectivity index (χ1v) is 8.00. The fraction of sp³-hybridized carbons (Fsp3) is 0.263. The Morgan fingerprint density at radius 1 is 0.920 bits per heavy atom. The highest BCUT2D eigenvalue weighted by atomic mass is 16.6. The summed E-state index contributed by atoms with van der Waals surface area (Å²) < 4.78 is 5.25. The molecule has 0 aliphatic rings. The summed E-state index contributed by atoms with van der Waals surface area (Å²) in [6.07, 6.45) is -0.656. The lowest BCUT2D eigenvalue weighted by Gasteiger charge is -2.23. The number of hydrogen-bond acceptors (Lipinski definition) is 4. The molecule has 2 rings (SSSR count). The second kappa shape index (κ2) is 8.19. The Morgan fingerprint density at radius 2 is 1.48 bits per heavy atom. The molecule has 25 heavy (non-hydrogen) atoms. The Labute approximate surface area is 147 Å². The highest BCUT2D eigenvalue weighted by Gasteiger charge is 2.25. The highest BCUT2D eigenvalue weighted by Crippen LogP contribution is 2.15. The van der Waals surface area contributed by atoms with Gasteiger partial charge in [0, 0.05) is 0 Å². The quantitative estimate of drug-likeness (QED) is 0.728. The molecule has 6 nitrogen and oxygen atoms in total. The predicted molar refractivity (Wildman–Crippen MR) is 96.8 cm³/mol. The van der Waals surface area contributed by atoms with Gasteiger partial charge in [0.05, 0.1) is 5.69 Å². The second-order valence-corrected chi connectivity index (χ2v) is 6.47. The lowest BCUT2D eigenvalue weighted by Crippen LogP contribution is -2.44. The van der Waals surface area contributed by atoms with Crippen molar-refractivity contribution in [2.75, 3.05) is 5.43 Å². The second-order valence-electron chi connectivity index (χ2n) is 6.47. The number of anilines is 1. The van der Waals surface area contributed by atoms with Crippen molar-refractivity contribution in [2.24, 2.45) is 0 Å². The van der Waals surface area contributed by atoms with E-state index in [-0.39, 0.29) is 0 Å². The lowest BCUT2D eigenvalue weighted by molar-refractivity contribution is -0.122. The molecule has 2 amide bonds. The van der Waals surface area contributed by atoms with Gasteiger partial charge in [-0.2, -0.15) is 0 Å². The summed E-state index contributed by atoms with van der Waals surface area (Å²) in [6.45, 7) is 5.30. The third-order valence-electron chi connectivity index (χ3n) is 3.16. The first kappa shape index (κ1) is 18.3. The minimum atomic E-state index is -0.882. The van der Waals surface area contributed by atoms with E-state index in [2.05, 4.69) is 16.2 Å². The topological polar surface area (TPSA) is 79.5 Å². The van der Waals surface area contributed by atoms with Gasteiger partial charge in [0.1, 0.15) is 11.6 Å². The molecule has 0 radical (unpaired) electrons. The number of hydrazine groups is 1. The highest BCUT2D eigenvalue weighted by molar-refractivity contribution is 5.87. The van der Waals surface area contributed by atoms with Crippen LogP contribution in [0.15, 0.2) is 60.7 Å². The summed E-state index contributed by atoms with van der Waals surface area (Å²) in [5.74, 6) is -0.402. The van der Waals surface area contributed by atoms with Crippen molar-refractivity contribution in [3.63, 3.8) is 0 Å². The number of alkyl carbamates (subject to hydrolysis) is 1. The third kappa shape index (κ3) is 6.18. The van der Waals surface area contributed by atoms with Crippen molar-refractivity contribution in [2.45, 2.75) is 32.4 Å². The van der Waals surface area contributed by atoms with Crippen LogP contribution >= 0.6 is 0 Å². The van der Waals surface area contributed by atoms with Crippen molar-refractivity contribution in [3.05, 3.63) is 66.2 Å². The van der Waals surface area contributed by atoms with E-state index >= 15 is 0 Å². The summed E-state index contributed by atoms with van der Waals surface area (Å²) in [4.78, 5) is 24.7. The number of rotatable bonds is 5. The molecule has 0 aliphatic heterocycles. The molecule has 1 atom stereocenters. The maximum Gasteiger partial charge on any atom is 0.408 e. The number of ether oxygens (including phenoxy) is 1. The molecule has 0 saturated carbocycles. The predicted octanol–water partition coefficient (Wildman–Crippen LogP) is 3.40. The van der Waals surface area contributed by atoms with Gasteiger partial charge in [0.15, 0.2) is 0 Å². The molecule has 6 heteroatoms. The number of nitrogens with one attached hydrogen (secondary N) is 3. The Hall–Kier alpha value is -3.02. The zero-order chi connectivity index (χ0) is 18.3. The molecule has 0 saturated heterocycles. The minimum Gasteiger partial charge on any atom is -0.444 e. The molecule has 0 bridgehead atoms. The molecule has 0 heterocycles. The SMILES string of the molecule is CC(C)(C)OC(=O)NC(C(=O)NNc1ccccc1)c1ccccc1. The van der Waals surface area contributed by atoms with Gasteiger partial charge in [-0.05, 0) is 38.5 Å². The molecule has 2 aromatic rings. The molecule has 3 N–H and O–H groups in total. The van der Waals surface area contributed by atoms with Crippen LogP contribution < -0.4 is 16.2 Å². The van der Waals surface area contributed by atoms with Crippen molar-refractivity contribution in [1.82, 2.24) is 10.7 Å². The van der Waals surface area contributed by atoms with Crippen LogP contribution in [0.3, 0.4) is 0 Å². The van der Waals surface area contributed by atoms with Gasteiger partial charge < -0.3 is 10.1 Å². The molecule has 0 aliphatic carbocycles. The average molecular weight is 341 g/mol. The summed E-state index contributed by atoms with van der Waals surface area (Å²) in [7, 11) is 0. The Morgan fingerprint density at radius 3 is 2.04 bits per heavy atom. The number of para-hydroxylation sites is 1. The van der Waals surface area contributed by atoms with Crippen LogP contribution in [0.5, 0.6) is 0 Å². The minimum absolute atomic E-state index is 0.402. The van der Waals surface area contributed by atoms with Crippen LogP contribution in [-0.4, -0.2) is 17.6 Å². The van der Waals surface area contributed by atoms with Crippen LogP contribution in [-0.2, 0) is 9.53 Å². The fourth-order valence-corrected chi connectivity index (χ4v) is 2.10. The van der Waals surface area contributed by atoms with E-state index in [1.165, 1.54) is 0 Å². The van der Waals surface area contributed by atoms with E-state index in [4.69, 9.17) is 4.74 Å². The number of benzene rings is 2. The lowest BCUT2D eigenvalue weighted by atomic mass is 10.1. The molecule has 0 fully saturated rings. The van der Waals surface area contributed by atoms with E-state index in [9.17, 15) is 9.59 Å². The van der Waals surface area contributed by atoms with Crippen LogP contribution in [0.4, 0.5) is 10.5 Å². The molecule has 0 aromatic heterocycles. The first-order valence-electron chi connectivity index (χ1n) is 8.00. The van der Waals surface area contributed by atoms with Gasteiger partial charge in [-0.3, -0.25) is 15.6 Å². The maximum absolute atomic E-state index is 12.6. The Kier molecular flexibility index (Phi) is 6.00. The number of carbonyl (C=O) groups is 2. The molecule has 2 aromatic carbocycles. The standard InChI is InChI=1S/C19H23N3O3/c1-19(2,3)25-18(24)20-16(14-10-6-4-7-11-14)17(23)22-21-15-12-8-5-9-13-15/h4-13,16,21H,1-3H3,(H,20,24)(H,22,23). The van der Waals surface area contributed by atoms with Crippen molar-refractivity contribution in [3.8, 4) is 0 Å². The largest absolute Gasteiger partial charge is 0.444 e. The third-order valence-corrected chi connectivity index (χ3v) is 3.16. The fourth-order valence-electron chi connectivity index (χ4n) is 2.10. The van der Waals surface area contributed by atoms with Crippen LogP contribution in [0.25, 0.3) is 0 Å². The van der Waals surface area contributed by atoms with Gasteiger partial charge in [-0.15, -0.1) is 0 Å². The average Bonchev–Trinajstić information content (AvgIpc) is 2.58. The monoisotopic (exact) mass is 341 g/mol. The van der Waals surface area contributed by atoms with Crippen LogP contribution in [0.1, 0.15) is 32.4 Å². The summed E-state index contributed by atoms with van der Waals surface area (Å²) in [5.41, 5.74) is 6.17. The first-order chi connectivity index (χ1) is 11.8. The van der Waals surface area contributed by atoms with E-state index in [1.54, 1.807) is 45.0 Å². The summed E-state index contributed by atoms with van der Waals surface area (Å²) in [6, 6.07) is 17.3. The summed E-state index contributed by atoms with van der Waals surface area (Å²) >= 11 is 0. The number of hydrogen-bond donors (Lipinski definition) is 3. The van der Waals surface area contributed by atoms with Crippen LogP contribution in [0, 0.1) is 0 Å². The molecule has 0 spiro atoms. The van der Waals surface area contributed by atoms with Crippen molar-refractivity contribution < 1.29 is 14.3 Å². The Bertz CT molecular complexity index is 697. The van der Waals surface area contributed by atoms with E-state index < -0.39 is 23.6 Å². The molecule has 132 valence electrons. The molecule has 1 unspecified atom stereocenters. The van der Waals surface area contributed by atoms with E-state index in [0.29, 0.717) is 5.56 Å². The van der Waals surface area contributed by atoms with Gasteiger partial charge in [0.2, 0.25) is 0 Å². The maximum atomic E-state index is 12.6. The van der Waals surface area contributed by atoms with Crippen LogP contribution in [0.2, 0.25) is 0 Å². The van der Waals surface area contributed by atoms with Gasteiger partial charge in [0.25, 0.3) is 5.91 Å². The van der Waals surface area contributed by atoms with Crippen molar-refractivity contribution in [1.29, 1.82) is 0 Å². The van der Waals surface area contributed by atoms with Gasteiger partial charge >= 0.3 is 6.09 Å². The summed E-state index contributed by atoms with van der Waals surface area (Å²) in [5, 5.41) is 2.61. The van der Waals surface area contributed by atoms with Crippen molar-refractivity contribution >= 4 is 17.7 Å². The molecular formula is C19H23N3O3. The molecular weight excluding hydrogens is 318 g/mol. The zero-order valence-electron chi connectivity index (χ0n) is 14.6. The van der Waals surface area contributed by atoms with Gasteiger partial charge in [-0.25, -0.2) is 4.79 Å². The smallest absolute Gasteiger partial charge is 0.408 e. The van der Waals surface area contributed by atoms with Gasteiger partial charge in [-0.1, -0.05) is 48.5 Å². The Balaban J connectivity index is 2.08. The van der Waals surface area contributed by atoms with E-state index in [1.807, 2.05) is 36.4 Å². The normalized spacial score (nSPS) is 12.0. The van der Waals surface area contributed by atoms with E-state index in [0.717, 1.165) is 5.69 Å².